The minimum atomic E-state index is -4.91. The number of hydrogen-bond acceptors (Lipinski definition) is 13. The lowest BCUT2D eigenvalue weighted by Crippen LogP contribution is -2.30. The summed E-state index contributed by atoms with van der Waals surface area (Å²) in [4.78, 5) is 52.7. The first-order valence-corrected chi connectivity index (χ1v) is 25.0. The number of allylic oxidation sites excluding steroid dienone is 10. The van der Waals surface area contributed by atoms with Crippen LogP contribution in [0.25, 0.3) is 0 Å². The van der Waals surface area contributed by atoms with E-state index >= 15 is 0 Å². The van der Waals surface area contributed by atoms with Crippen LogP contribution in [0.3, 0.4) is 0 Å². The maximum Gasteiger partial charge on any atom is 0.472 e. The third kappa shape index (κ3) is 40.2. The molecule has 0 spiro atoms. The Labute approximate surface area is 369 Å². The Balaban J connectivity index is 4.86. The number of esters is 2. The van der Waals surface area contributed by atoms with E-state index in [1.54, 1.807) is 42.5 Å². The van der Waals surface area contributed by atoms with Crippen LogP contribution in [0, 0.1) is 0 Å². The molecule has 0 radical (unpaired) electrons. The van der Waals surface area contributed by atoms with E-state index in [-0.39, 0.29) is 25.7 Å². The van der Waals surface area contributed by atoms with E-state index in [1.807, 2.05) is 0 Å². The van der Waals surface area contributed by atoms with Crippen molar-refractivity contribution in [2.24, 2.45) is 0 Å². The van der Waals surface area contributed by atoms with Crippen LogP contribution < -0.4 is 0 Å². The van der Waals surface area contributed by atoms with Gasteiger partial charge in [0.05, 0.1) is 38.1 Å². The number of aliphatic hydroxyl groups is 4. The second kappa shape index (κ2) is 38.9. The first-order chi connectivity index (χ1) is 29.6. The van der Waals surface area contributed by atoms with Gasteiger partial charge >= 0.3 is 27.6 Å². The van der Waals surface area contributed by atoms with E-state index in [4.69, 9.17) is 23.8 Å². The van der Waals surface area contributed by atoms with Crippen molar-refractivity contribution >= 4 is 27.6 Å². The zero-order valence-corrected chi connectivity index (χ0v) is 38.6. The summed E-state index contributed by atoms with van der Waals surface area (Å²) in [6.45, 7) is 1.21. The Kier molecular flexibility index (Phi) is 37.3. The predicted octanol–water partition coefficient (Wildman–Crippen LogP) is 7.92. The maximum absolute atomic E-state index is 12.7. The summed E-state index contributed by atoms with van der Waals surface area (Å²) in [6, 6.07) is 0. The zero-order valence-electron chi connectivity index (χ0n) is 36.8. The Morgan fingerprint density at radius 2 is 1.11 bits per heavy atom. The van der Waals surface area contributed by atoms with E-state index in [0.29, 0.717) is 6.42 Å². The van der Waals surface area contributed by atoms with E-state index < -0.39 is 84.5 Å². The van der Waals surface area contributed by atoms with Gasteiger partial charge in [-0.2, -0.15) is 0 Å². The lowest BCUT2D eigenvalue weighted by Gasteiger charge is -2.20. The van der Waals surface area contributed by atoms with Gasteiger partial charge in [-0.05, 0) is 57.8 Å². The number of hydrogen-bond donors (Lipinski definition) is 7. The van der Waals surface area contributed by atoms with Crippen molar-refractivity contribution in [3.8, 4) is 0 Å². The van der Waals surface area contributed by atoms with Gasteiger partial charge in [0, 0.05) is 12.8 Å². The summed E-state index contributed by atoms with van der Waals surface area (Å²) in [5, 5.41) is 40.2. The van der Waals surface area contributed by atoms with Crippen molar-refractivity contribution in [1.29, 1.82) is 0 Å². The number of phosphoric acid groups is 2. The van der Waals surface area contributed by atoms with Crippen LogP contribution >= 0.6 is 15.6 Å². The lowest BCUT2D eigenvalue weighted by atomic mass is 10.1. The highest BCUT2D eigenvalue weighted by molar-refractivity contribution is 7.47. The largest absolute Gasteiger partial charge is 0.472 e. The van der Waals surface area contributed by atoms with Crippen LogP contribution in [0.4, 0.5) is 0 Å². The van der Waals surface area contributed by atoms with Crippen molar-refractivity contribution in [1.82, 2.24) is 0 Å². The summed E-state index contributed by atoms with van der Waals surface area (Å²) >= 11 is 0. The van der Waals surface area contributed by atoms with Gasteiger partial charge in [-0.3, -0.25) is 23.2 Å². The zero-order chi connectivity index (χ0) is 46.3. The fourth-order valence-electron chi connectivity index (χ4n) is 5.41. The molecular formula is C44H76O16P2. The summed E-state index contributed by atoms with van der Waals surface area (Å²) in [5.74, 6) is -1.38. The second-order valence-electron chi connectivity index (χ2n) is 14.8. The number of ether oxygens (including phenoxy) is 2. The molecule has 0 aromatic rings. The molecule has 6 atom stereocenters. The van der Waals surface area contributed by atoms with Gasteiger partial charge in [-0.1, -0.05) is 138 Å². The average molecular weight is 923 g/mol. The highest BCUT2D eigenvalue weighted by Crippen LogP contribution is 2.43. The van der Waals surface area contributed by atoms with E-state index in [2.05, 4.69) is 47.2 Å². The molecule has 0 amide bonds. The first kappa shape index (κ1) is 59.4. The Morgan fingerprint density at radius 1 is 0.565 bits per heavy atom. The van der Waals surface area contributed by atoms with Gasteiger partial charge < -0.3 is 44.6 Å². The molecule has 0 aliphatic carbocycles. The predicted molar refractivity (Wildman–Crippen MR) is 239 cm³/mol. The molecule has 0 aromatic heterocycles. The molecule has 0 heterocycles. The Morgan fingerprint density at radius 3 is 1.77 bits per heavy atom. The fraction of sp³-hybridized carbons (Fsp3) is 0.682. The topological polar surface area (TPSA) is 256 Å². The van der Waals surface area contributed by atoms with E-state index in [0.717, 1.165) is 70.6 Å². The molecule has 0 fully saturated rings. The van der Waals surface area contributed by atoms with Crippen LogP contribution in [0.2, 0.25) is 0 Å². The summed E-state index contributed by atoms with van der Waals surface area (Å²) in [5.41, 5.74) is 0. The van der Waals surface area contributed by atoms with Crippen LogP contribution in [-0.4, -0.2) is 104 Å². The summed E-state index contributed by atoms with van der Waals surface area (Å²) in [7, 11) is -9.80. The van der Waals surface area contributed by atoms with Gasteiger partial charge in [-0.25, -0.2) is 9.13 Å². The molecule has 62 heavy (non-hydrogen) atoms. The van der Waals surface area contributed by atoms with E-state index in [1.165, 1.54) is 25.3 Å². The molecule has 0 rings (SSSR count). The molecule has 0 aliphatic rings. The fourth-order valence-corrected chi connectivity index (χ4v) is 6.56. The molecule has 1 unspecified atom stereocenters. The SMILES string of the molecule is CCCCC/C=C\C/C=C\CCCCCCCC(=O)O[C@H](COC(=O)CCC[C@@H](O)[C@H](O)/C=C/C=C/C=C\C=C\[C@H](O)CCCCC)COP(=O)(O)OC[C@@H](O)COP(=O)(O)O. The molecule has 18 heteroatoms. The number of phosphoric ester groups is 2. The number of carbonyl (C=O) groups excluding carboxylic acids is 2. The standard InChI is InChI=1S/C44H76O16P2/c1-3-5-7-8-9-10-11-12-13-14-15-16-17-22-26-32-44(50)60-40(37-59-62(54,55)58-35-39(46)34-57-61(51,52)53)36-56-43(49)33-27-31-42(48)41(47)30-25-21-19-18-20-24-29-38(45)28-23-6-4-2/h9-10,12-13,18-21,24-25,29-30,38-42,45-48H,3-8,11,14-17,22-23,26-28,31-37H2,1-2H3,(H,54,55)(H2,51,52,53)/b10-9-,13-12-,20-18-,21-19+,29-24+,30-25+/t38-,39+,40-,41-,42-/m1/s1. The summed E-state index contributed by atoms with van der Waals surface area (Å²) < 4.78 is 47.5. The number of rotatable bonds is 40. The van der Waals surface area contributed by atoms with Gasteiger partial charge in [0.25, 0.3) is 0 Å². The van der Waals surface area contributed by atoms with Gasteiger partial charge in [0.2, 0.25) is 0 Å². The number of aliphatic hydroxyl groups excluding tert-OH is 4. The summed E-state index contributed by atoms with van der Waals surface area (Å²) in [6.07, 6.45) is 31.2. The normalized spacial score (nSPS) is 16.2. The molecule has 358 valence electrons. The van der Waals surface area contributed by atoms with Gasteiger partial charge in [0.1, 0.15) is 12.7 Å². The monoisotopic (exact) mass is 922 g/mol. The van der Waals surface area contributed by atoms with Crippen molar-refractivity contribution < 1.29 is 76.9 Å². The molecule has 7 N–H and O–H groups in total. The number of carbonyl (C=O) groups is 2. The van der Waals surface area contributed by atoms with Crippen LogP contribution in [-0.2, 0) is 41.8 Å². The molecule has 0 saturated carbocycles. The second-order valence-corrected chi connectivity index (χ2v) is 17.5. The molecule has 0 aromatic carbocycles. The van der Waals surface area contributed by atoms with Crippen LogP contribution in [0.15, 0.2) is 72.9 Å². The van der Waals surface area contributed by atoms with Crippen molar-refractivity contribution in [3.05, 3.63) is 72.9 Å². The van der Waals surface area contributed by atoms with Crippen molar-refractivity contribution in [2.75, 3.05) is 26.4 Å². The maximum atomic E-state index is 12.7. The Hall–Kier alpha value is -2.56. The van der Waals surface area contributed by atoms with Gasteiger partial charge in [0.15, 0.2) is 6.10 Å². The number of unbranched alkanes of at least 4 members (excludes halogenated alkanes) is 10. The lowest BCUT2D eigenvalue weighted by molar-refractivity contribution is -0.161. The minimum absolute atomic E-state index is 0.0384. The average Bonchev–Trinajstić information content (AvgIpc) is 3.22. The third-order valence-electron chi connectivity index (χ3n) is 8.92. The Bertz CT molecular complexity index is 1420. The molecule has 0 bridgehead atoms. The van der Waals surface area contributed by atoms with Crippen molar-refractivity contribution in [2.45, 2.75) is 166 Å². The van der Waals surface area contributed by atoms with Crippen LogP contribution in [0.1, 0.15) is 136 Å². The molecular weight excluding hydrogens is 846 g/mol. The minimum Gasteiger partial charge on any atom is -0.462 e. The third-order valence-corrected chi connectivity index (χ3v) is 10.4. The first-order valence-electron chi connectivity index (χ1n) is 22.0. The van der Waals surface area contributed by atoms with Gasteiger partial charge in [-0.15, -0.1) is 0 Å². The highest BCUT2D eigenvalue weighted by atomic mass is 31.2. The highest BCUT2D eigenvalue weighted by Gasteiger charge is 2.28. The molecule has 0 saturated heterocycles. The van der Waals surface area contributed by atoms with E-state index in [9.17, 15) is 44.0 Å². The smallest absolute Gasteiger partial charge is 0.462 e. The molecule has 0 aliphatic heterocycles. The van der Waals surface area contributed by atoms with Crippen molar-refractivity contribution in [3.63, 3.8) is 0 Å². The van der Waals surface area contributed by atoms with Crippen LogP contribution in [0.5, 0.6) is 0 Å². The quantitative estimate of drug-likeness (QED) is 0.0101. The molecule has 16 nitrogen and oxygen atoms in total.